The standard InChI is InChI=1S/C23H33N3O2/c1-19-6-4-14-26(19)15-5-17-27-22-9-7-20(8-10-22)23-24-21(18-28-23)11-16-25-12-2-3-13-25/h7-10,18-19H,2-6,11-17H2,1H3. The van der Waals surface area contributed by atoms with Crippen molar-refractivity contribution >= 4 is 0 Å². The van der Waals surface area contributed by atoms with Gasteiger partial charge in [-0.2, -0.15) is 0 Å². The van der Waals surface area contributed by atoms with Crippen LogP contribution in [0, 0.1) is 0 Å². The van der Waals surface area contributed by atoms with E-state index in [1.807, 2.05) is 24.3 Å². The van der Waals surface area contributed by atoms with Crippen LogP contribution >= 0.6 is 0 Å². The van der Waals surface area contributed by atoms with E-state index in [2.05, 4.69) is 21.7 Å². The van der Waals surface area contributed by atoms with Gasteiger partial charge in [-0.3, -0.25) is 0 Å². The first kappa shape index (κ1) is 19.5. The molecule has 2 saturated heterocycles. The van der Waals surface area contributed by atoms with Gasteiger partial charge in [0.25, 0.3) is 0 Å². The van der Waals surface area contributed by atoms with E-state index in [1.54, 1.807) is 6.26 Å². The molecule has 5 heteroatoms. The summed E-state index contributed by atoms with van der Waals surface area (Å²) in [5, 5.41) is 0. The molecule has 1 atom stereocenters. The Labute approximate surface area is 168 Å². The number of ether oxygens (including phenoxy) is 1. The van der Waals surface area contributed by atoms with E-state index < -0.39 is 0 Å². The van der Waals surface area contributed by atoms with Crippen LogP contribution in [0.2, 0.25) is 0 Å². The minimum atomic E-state index is 0.700. The van der Waals surface area contributed by atoms with Crippen LogP contribution in [-0.2, 0) is 6.42 Å². The summed E-state index contributed by atoms with van der Waals surface area (Å²) >= 11 is 0. The average Bonchev–Trinajstić information content (AvgIpc) is 3.47. The van der Waals surface area contributed by atoms with Gasteiger partial charge in [0, 0.05) is 31.1 Å². The fraction of sp³-hybridized carbons (Fsp3) is 0.609. The van der Waals surface area contributed by atoms with Crippen molar-refractivity contribution in [1.82, 2.24) is 14.8 Å². The monoisotopic (exact) mass is 383 g/mol. The fourth-order valence-electron chi connectivity index (χ4n) is 4.31. The van der Waals surface area contributed by atoms with Crippen LogP contribution < -0.4 is 4.74 Å². The van der Waals surface area contributed by atoms with Crippen molar-refractivity contribution in [2.75, 3.05) is 39.3 Å². The molecule has 0 N–H and O–H groups in total. The minimum Gasteiger partial charge on any atom is -0.494 e. The van der Waals surface area contributed by atoms with Crippen molar-refractivity contribution in [3.8, 4) is 17.2 Å². The number of oxazole rings is 1. The van der Waals surface area contributed by atoms with E-state index in [-0.39, 0.29) is 0 Å². The van der Waals surface area contributed by atoms with Gasteiger partial charge in [-0.05, 0) is 82.9 Å². The summed E-state index contributed by atoms with van der Waals surface area (Å²) in [5.74, 6) is 1.62. The lowest BCUT2D eigenvalue weighted by Crippen LogP contribution is -2.28. The zero-order valence-electron chi connectivity index (χ0n) is 17.1. The van der Waals surface area contributed by atoms with E-state index in [0.717, 1.165) is 55.6 Å². The smallest absolute Gasteiger partial charge is 0.226 e. The van der Waals surface area contributed by atoms with Crippen LogP contribution in [0.1, 0.15) is 44.7 Å². The molecule has 152 valence electrons. The number of likely N-dealkylation sites (tertiary alicyclic amines) is 2. The Morgan fingerprint density at radius 1 is 1.07 bits per heavy atom. The van der Waals surface area contributed by atoms with Crippen LogP contribution in [0.4, 0.5) is 0 Å². The van der Waals surface area contributed by atoms with Crippen LogP contribution in [-0.4, -0.2) is 60.2 Å². The van der Waals surface area contributed by atoms with Crippen molar-refractivity contribution in [2.24, 2.45) is 0 Å². The van der Waals surface area contributed by atoms with Gasteiger partial charge in [-0.15, -0.1) is 0 Å². The largest absolute Gasteiger partial charge is 0.494 e. The summed E-state index contributed by atoms with van der Waals surface area (Å²) in [4.78, 5) is 9.73. The molecule has 3 heterocycles. The van der Waals surface area contributed by atoms with E-state index in [4.69, 9.17) is 9.15 Å². The first-order chi connectivity index (χ1) is 13.8. The number of hydrogen-bond donors (Lipinski definition) is 0. The molecule has 2 fully saturated rings. The van der Waals surface area contributed by atoms with Crippen LogP contribution in [0.3, 0.4) is 0 Å². The lowest BCUT2D eigenvalue weighted by Gasteiger charge is -2.20. The van der Waals surface area contributed by atoms with Crippen LogP contribution in [0.5, 0.6) is 5.75 Å². The summed E-state index contributed by atoms with van der Waals surface area (Å²) in [7, 11) is 0. The second-order valence-corrected chi connectivity index (χ2v) is 8.20. The Kier molecular flexibility index (Phi) is 6.65. The first-order valence-corrected chi connectivity index (χ1v) is 10.9. The maximum Gasteiger partial charge on any atom is 0.226 e. The molecule has 1 aromatic heterocycles. The molecule has 2 aliphatic rings. The Hall–Kier alpha value is -1.85. The number of rotatable bonds is 9. The highest BCUT2D eigenvalue weighted by Crippen LogP contribution is 2.23. The van der Waals surface area contributed by atoms with Gasteiger partial charge in [0.1, 0.15) is 12.0 Å². The topological polar surface area (TPSA) is 41.7 Å². The summed E-state index contributed by atoms with van der Waals surface area (Å²) < 4.78 is 11.6. The molecule has 1 aromatic carbocycles. The highest BCUT2D eigenvalue weighted by atomic mass is 16.5. The number of nitrogens with zero attached hydrogens (tertiary/aromatic N) is 3. The molecule has 2 aromatic rings. The average molecular weight is 384 g/mol. The summed E-state index contributed by atoms with van der Waals surface area (Å²) in [6.45, 7) is 9.00. The van der Waals surface area contributed by atoms with Crippen molar-refractivity contribution in [1.29, 1.82) is 0 Å². The predicted octanol–water partition coefficient (Wildman–Crippen LogP) is 4.23. The summed E-state index contributed by atoms with van der Waals surface area (Å²) in [6, 6.07) is 8.84. The van der Waals surface area contributed by atoms with E-state index in [0.29, 0.717) is 5.89 Å². The highest BCUT2D eigenvalue weighted by molar-refractivity contribution is 5.54. The van der Waals surface area contributed by atoms with Gasteiger partial charge in [0.15, 0.2) is 0 Å². The van der Waals surface area contributed by atoms with Gasteiger partial charge >= 0.3 is 0 Å². The Bertz CT molecular complexity index is 722. The van der Waals surface area contributed by atoms with Gasteiger partial charge in [0.2, 0.25) is 5.89 Å². The maximum atomic E-state index is 5.91. The Morgan fingerprint density at radius 2 is 1.89 bits per heavy atom. The lowest BCUT2D eigenvalue weighted by molar-refractivity contribution is 0.230. The second-order valence-electron chi connectivity index (χ2n) is 8.20. The molecular formula is C23H33N3O2. The quantitative estimate of drug-likeness (QED) is 0.606. The maximum absolute atomic E-state index is 5.91. The van der Waals surface area contributed by atoms with Crippen molar-refractivity contribution in [3.05, 3.63) is 36.2 Å². The Balaban J connectivity index is 1.21. The summed E-state index contributed by atoms with van der Waals surface area (Å²) in [5.41, 5.74) is 2.05. The second kappa shape index (κ2) is 9.57. The molecular weight excluding hydrogens is 350 g/mol. The van der Waals surface area contributed by atoms with Gasteiger partial charge in [-0.25, -0.2) is 4.98 Å². The Morgan fingerprint density at radius 3 is 2.64 bits per heavy atom. The zero-order valence-corrected chi connectivity index (χ0v) is 17.1. The highest BCUT2D eigenvalue weighted by Gasteiger charge is 2.19. The number of hydrogen-bond acceptors (Lipinski definition) is 5. The molecule has 0 bridgehead atoms. The van der Waals surface area contributed by atoms with E-state index in [1.165, 1.54) is 45.3 Å². The minimum absolute atomic E-state index is 0.700. The predicted molar refractivity (Wildman–Crippen MR) is 112 cm³/mol. The third-order valence-electron chi connectivity index (χ3n) is 6.08. The third kappa shape index (κ3) is 5.15. The SMILES string of the molecule is CC1CCCN1CCCOc1ccc(-c2nc(CCN3CCCC3)co2)cc1. The normalized spacial score (nSPS) is 20.8. The van der Waals surface area contributed by atoms with E-state index in [9.17, 15) is 0 Å². The van der Waals surface area contributed by atoms with E-state index >= 15 is 0 Å². The molecule has 2 aliphatic heterocycles. The van der Waals surface area contributed by atoms with Crippen LogP contribution in [0.15, 0.2) is 34.9 Å². The molecule has 0 spiro atoms. The van der Waals surface area contributed by atoms with Crippen LogP contribution in [0.25, 0.3) is 11.5 Å². The molecule has 0 radical (unpaired) electrons. The molecule has 28 heavy (non-hydrogen) atoms. The third-order valence-corrected chi connectivity index (χ3v) is 6.08. The molecule has 5 nitrogen and oxygen atoms in total. The van der Waals surface area contributed by atoms with Gasteiger partial charge in [-0.1, -0.05) is 0 Å². The molecule has 1 unspecified atom stereocenters. The number of benzene rings is 1. The fourth-order valence-corrected chi connectivity index (χ4v) is 4.31. The van der Waals surface area contributed by atoms with Crippen molar-refractivity contribution < 1.29 is 9.15 Å². The summed E-state index contributed by atoms with van der Waals surface area (Å²) in [6.07, 6.45) is 9.17. The van der Waals surface area contributed by atoms with Crippen molar-refractivity contribution in [3.63, 3.8) is 0 Å². The van der Waals surface area contributed by atoms with Gasteiger partial charge < -0.3 is 19.0 Å². The van der Waals surface area contributed by atoms with Crippen molar-refractivity contribution in [2.45, 2.75) is 51.5 Å². The lowest BCUT2D eigenvalue weighted by atomic mass is 10.2. The number of aromatic nitrogens is 1. The molecule has 4 rings (SSSR count). The first-order valence-electron chi connectivity index (χ1n) is 10.9. The molecule has 0 saturated carbocycles. The molecule has 0 aliphatic carbocycles. The zero-order chi connectivity index (χ0) is 19.2. The molecule has 0 amide bonds. The van der Waals surface area contributed by atoms with Gasteiger partial charge in [0.05, 0.1) is 12.3 Å².